The highest BCUT2D eigenvalue weighted by molar-refractivity contribution is 5.85. The average molecular weight is 250 g/mol. The van der Waals surface area contributed by atoms with Gasteiger partial charge >= 0.3 is 0 Å². The molecule has 0 aliphatic rings. The van der Waals surface area contributed by atoms with Gasteiger partial charge in [-0.2, -0.15) is 0 Å². The van der Waals surface area contributed by atoms with Gasteiger partial charge in [-0.15, -0.1) is 0 Å². The van der Waals surface area contributed by atoms with E-state index in [4.69, 9.17) is 0 Å². The molecule has 0 heterocycles. The van der Waals surface area contributed by atoms with E-state index in [0.29, 0.717) is 0 Å². The summed E-state index contributed by atoms with van der Waals surface area (Å²) in [5, 5.41) is 2.77. The maximum atomic E-state index is 2.26. The molecule has 0 bridgehead atoms. The monoisotopic (exact) mass is 249 g/mol. The first-order valence-corrected chi connectivity index (χ1v) is 6.03. The number of hydrogen-bond acceptors (Lipinski definition) is 0. The summed E-state index contributed by atoms with van der Waals surface area (Å²) in [5.41, 5.74) is 1.49. The quantitative estimate of drug-likeness (QED) is 0.704. The van der Waals surface area contributed by atoms with Gasteiger partial charge in [0.2, 0.25) is 0 Å². The van der Waals surface area contributed by atoms with Crippen LogP contribution in [0.4, 0.5) is 0 Å². The van der Waals surface area contributed by atoms with Crippen molar-refractivity contribution in [3.63, 3.8) is 0 Å². The van der Waals surface area contributed by atoms with Crippen molar-refractivity contribution >= 4 is 10.8 Å². The summed E-state index contributed by atoms with van der Waals surface area (Å²) in [6, 6.07) is 15.3. The van der Waals surface area contributed by atoms with E-state index in [-0.39, 0.29) is 12.4 Å². The molecule has 2 aromatic carbocycles. The van der Waals surface area contributed by atoms with E-state index in [1.807, 2.05) is 0 Å². The van der Waals surface area contributed by atoms with Crippen LogP contribution in [0.25, 0.3) is 10.8 Å². The SMILES string of the molecule is C[NH+](C)CCCc1cccc2ccccc12.[Cl-]. The molecular formula is C15H20ClN. The fourth-order valence-electron chi connectivity index (χ4n) is 2.14. The van der Waals surface area contributed by atoms with E-state index in [1.165, 1.54) is 40.6 Å². The lowest BCUT2D eigenvalue weighted by Gasteiger charge is -2.08. The Hall–Kier alpha value is -1.05. The lowest BCUT2D eigenvalue weighted by Crippen LogP contribution is -3.05. The second kappa shape index (κ2) is 6.63. The van der Waals surface area contributed by atoms with Gasteiger partial charge in [0.1, 0.15) is 0 Å². The molecule has 1 nitrogen and oxygen atoms in total. The lowest BCUT2D eigenvalue weighted by molar-refractivity contribution is -0.858. The molecule has 0 saturated heterocycles. The summed E-state index contributed by atoms with van der Waals surface area (Å²) in [4.78, 5) is 1.53. The Morgan fingerprint density at radius 3 is 2.41 bits per heavy atom. The number of nitrogens with one attached hydrogen (secondary N) is 1. The first-order chi connectivity index (χ1) is 7.77. The van der Waals surface area contributed by atoms with E-state index >= 15 is 0 Å². The van der Waals surface area contributed by atoms with Gasteiger partial charge in [-0.25, -0.2) is 0 Å². The third-order valence-corrected chi connectivity index (χ3v) is 3.00. The maximum absolute atomic E-state index is 2.26. The van der Waals surface area contributed by atoms with Crippen molar-refractivity contribution in [2.75, 3.05) is 20.6 Å². The van der Waals surface area contributed by atoms with Crippen molar-refractivity contribution in [1.29, 1.82) is 0 Å². The van der Waals surface area contributed by atoms with Crippen LogP contribution < -0.4 is 17.3 Å². The molecule has 0 spiro atoms. The van der Waals surface area contributed by atoms with Crippen LogP contribution in [0.2, 0.25) is 0 Å². The molecular weight excluding hydrogens is 230 g/mol. The molecule has 0 aromatic heterocycles. The van der Waals surface area contributed by atoms with Crippen molar-refractivity contribution in [2.45, 2.75) is 12.8 Å². The first-order valence-electron chi connectivity index (χ1n) is 6.03. The number of benzene rings is 2. The Morgan fingerprint density at radius 1 is 0.941 bits per heavy atom. The van der Waals surface area contributed by atoms with Crippen molar-refractivity contribution < 1.29 is 17.3 Å². The largest absolute Gasteiger partial charge is 1.00 e. The molecule has 0 aliphatic carbocycles. The number of rotatable bonds is 4. The van der Waals surface area contributed by atoms with Crippen molar-refractivity contribution in [1.82, 2.24) is 0 Å². The van der Waals surface area contributed by atoms with Crippen LogP contribution in [0.3, 0.4) is 0 Å². The van der Waals surface area contributed by atoms with Gasteiger partial charge in [0.15, 0.2) is 0 Å². The Kier molecular flexibility index (Phi) is 5.46. The minimum absolute atomic E-state index is 0. The standard InChI is InChI=1S/C15H19N.ClH/c1-16(2)12-6-10-14-9-5-8-13-7-3-4-11-15(13)14;/h3-5,7-9,11H,6,10,12H2,1-2H3;1H. The summed E-state index contributed by atoms with van der Waals surface area (Å²) in [6.07, 6.45) is 2.45. The lowest BCUT2D eigenvalue weighted by atomic mass is 10.0. The normalized spacial score (nSPS) is 10.5. The van der Waals surface area contributed by atoms with E-state index in [1.54, 1.807) is 0 Å². The predicted molar refractivity (Wildman–Crippen MR) is 69.9 cm³/mol. The number of fused-ring (bicyclic) bond motifs is 1. The Bertz CT molecular complexity index is 460. The summed E-state index contributed by atoms with van der Waals surface area (Å²) in [5.74, 6) is 0. The molecule has 1 N–H and O–H groups in total. The summed E-state index contributed by atoms with van der Waals surface area (Å²) < 4.78 is 0. The molecule has 0 fully saturated rings. The van der Waals surface area contributed by atoms with Crippen LogP contribution in [0.5, 0.6) is 0 Å². The van der Waals surface area contributed by atoms with E-state index in [9.17, 15) is 0 Å². The van der Waals surface area contributed by atoms with Crippen LogP contribution in [0.1, 0.15) is 12.0 Å². The fraction of sp³-hybridized carbons (Fsp3) is 0.333. The Morgan fingerprint density at radius 2 is 1.65 bits per heavy atom. The highest BCUT2D eigenvalue weighted by atomic mass is 35.5. The Balaban J connectivity index is 0.00000144. The zero-order valence-corrected chi connectivity index (χ0v) is 11.3. The first kappa shape index (κ1) is 14.0. The number of quaternary nitrogens is 1. The molecule has 0 atom stereocenters. The third-order valence-electron chi connectivity index (χ3n) is 3.00. The minimum Gasteiger partial charge on any atom is -1.00 e. The van der Waals surface area contributed by atoms with Crippen molar-refractivity contribution in [3.8, 4) is 0 Å². The molecule has 2 aromatic rings. The third kappa shape index (κ3) is 3.72. The molecule has 2 rings (SSSR count). The minimum atomic E-state index is 0. The van der Waals surface area contributed by atoms with Gasteiger partial charge in [-0.1, -0.05) is 42.5 Å². The highest BCUT2D eigenvalue weighted by Crippen LogP contribution is 2.19. The van der Waals surface area contributed by atoms with Gasteiger partial charge in [-0.3, -0.25) is 0 Å². The highest BCUT2D eigenvalue weighted by Gasteiger charge is 2.01. The summed E-state index contributed by atoms with van der Waals surface area (Å²) in [7, 11) is 4.42. The second-order valence-electron chi connectivity index (χ2n) is 4.70. The number of halogens is 1. The van der Waals surface area contributed by atoms with Gasteiger partial charge in [0, 0.05) is 6.42 Å². The molecule has 2 heteroatoms. The zero-order valence-electron chi connectivity index (χ0n) is 10.5. The molecule has 0 radical (unpaired) electrons. The molecule has 0 saturated carbocycles. The van der Waals surface area contributed by atoms with Gasteiger partial charge in [-0.05, 0) is 22.8 Å². The topological polar surface area (TPSA) is 4.44 Å². The smallest absolute Gasteiger partial charge is 0.0770 e. The summed E-state index contributed by atoms with van der Waals surface area (Å²) >= 11 is 0. The van der Waals surface area contributed by atoms with Crippen LogP contribution in [-0.4, -0.2) is 20.6 Å². The van der Waals surface area contributed by atoms with Gasteiger partial charge in [0.25, 0.3) is 0 Å². The number of aryl methyl sites for hydroxylation is 1. The predicted octanol–water partition coefficient (Wildman–Crippen LogP) is -1.08. The van der Waals surface area contributed by atoms with E-state index < -0.39 is 0 Å². The van der Waals surface area contributed by atoms with Crippen molar-refractivity contribution in [2.24, 2.45) is 0 Å². The molecule has 0 aliphatic heterocycles. The van der Waals surface area contributed by atoms with Gasteiger partial charge in [0.05, 0.1) is 20.6 Å². The van der Waals surface area contributed by atoms with Crippen LogP contribution >= 0.6 is 0 Å². The van der Waals surface area contributed by atoms with E-state index in [2.05, 4.69) is 56.6 Å². The maximum Gasteiger partial charge on any atom is 0.0770 e. The molecule has 0 amide bonds. The van der Waals surface area contributed by atoms with Crippen LogP contribution in [-0.2, 0) is 6.42 Å². The van der Waals surface area contributed by atoms with Crippen LogP contribution in [0, 0.1) is 0 Å². The fourth-order valence-corrected chi connectivity index (χ4v) is 2.14. The molecule has 17 heavy (non-hydrogen) atoms. The molecule has 92 valence electrons. The van der Waals surface area contributed by atoms with Gasteiger partial charge < -0.3 is 17.3 Å². The number of hydrogen-bond donors (Lipinski definition) is 1. The van der Waals surface area contributed by atoms with E-state index in [0.717, 1.165) is 0 Å². The average Bonchev–Trinajstić information content (AvgIpc) is 2.29. The molecule has 0 unspecified atom stereocenters. The second-order valence-corrected chi connectivity index (χ2v) is 4.70. The zero-order chi connectivity index (χ0) is 11.4. The summed E-state index contributed by atoms with van der Waals surface area (Å²) in [6.45, 7) is 1.24. The van der Waals surface area contributed by atoms with Crippen molar-refractivity contribution in [3.05, 3.63) is 48.0 Å². The Labute approximate surface area is 110 Å². The van der Waals surface area contributed by atoms with Crippen LogP contribution in [0.15, 0.2) is 42.5 Å².